The van der Waals surface area contributed by atoms with Gasteiger partial charge in [0.15, 0.2) is 5.11 Å². The van der Waals surface area contributed by atoms with Crippen LogP contribution >= 0.6 is 12.2 Å². The fourth-order valence-electron chi connectivity index (χ4n) is 4.51. The van der Waals surface area contributed by atoms with Gasteiger partial charge >= 0.3 is 0 Å². The number of H-pyrrole nitrogens is 1. The standard InChI is InChI=1S/C25H38N4O2S/c1-4-28(5-2)15-9-14-26-25(32)29(21-10-7-8-11-21)18-20-16-19-17-22(31-6-3)12-13-23(19)27-24(20)30/h12-13,16-17,21H,4-11,14-15,18H2,1-3H3,(H,26,32)(H,27,30). The van der Waals surface area contributed by atoms with E-state index in [4.69, 9.17) is 17.0 Å². The second-order valence-electron chi connectivity index (χ2n) is 8.48. The first-order valence-electron chi connectivity index (χ1n) is 12.1. The SMILES string of the molecule is CCOc1ccc2[nH]c(=O)c(CN(C(=S)NCCCN(CC)CC)C3CCCC3)cc2c1. The molecular weight excluding hydrogens is 420 g/mol. The molecule has 3 rings (SSSR count). The Balaban J connectivity index is 1.73. The summed E-state index contributed by atoms with van der Waals surface area (Å²) in [5.41, 5.74) is 1.52. The van der Waals surface area contributed by atoms with Crippen molar-refractivity contribution in [3.63, 3.8) is 0 Å². The van der Waals surface area contributed by atoms with Crippen molar-refractivity contribution >= 4 is 28.2 Å². The molecule has 2 aromatic rings. The molecule has 1 saturated carbocycles. The first kappa shape index (κ1) is 24.5. The minimum atomic E-state index is -0.0472. The van der Waals surface area contributed by atoms with Gasteiger partial charge in [-0.15, -0.1) is 0 Å². The van der Waals surface area contributed by atoms with E-state index >= 15 is 0 Å². The lowest BCUT2D eigenvalue weighted by molar-refractivity contribution is 0.291. The van der Waals surface area contributed by atoms with Crippen molar-refractivity contribution in [3.8, 4) is 5.75 Å². The molecule has 1 heterocycles. The molecule has 0 saturated heterocycles. The predicted octanol–water partition coefficient (Wildman–Crippen LogP) is 4.28. The van der Waals surface area contributed by atoms with Gasteiger partial charge < -0.3 is 24.8 Å². The van der Waals surface area contributed by atoms with Crippen LogP contribution in [-0.2, 0) is 6.54 Å². The monoisotopic (exact) mass is 458 g/mol. The number of nitrogens with one attached hydrogen (secondary N) is 2. The van der Waals surface area contributed by atoms with E-state index in [1.54, 1.807) is 0 Å². The molecular formula is C25H38N4O2S. The highest BCUT2D eigenvalue weighted by molar-refractivity contribution is 7.80. The van der Waals surface area contributed by atoms with E-state index in [1.807, 2.05) is 31.2 Å². The lowest BCUT2D eigenvalue weighted by atomic mass is 10.1. The third kappa shape index (κ3) is 6.45. The number of rotatable bonds is 11. The van der Waals surface area contributed by atoms with E-state index in [0.29, 0.717) is 19.2 Å². The van der Waals surface area contributed by atoms with Gasteiger partial charge in [0.1, 0.15) is 5.75 Å². The van der Waals surface area contributed by atoms with Gasteiger partial charge in [0.2, 0.25) is 0 Å². The molecule has 1 aliphatic rings. The van der Waals surface area contributed by atoms with Crippen LogP contribution in [-0.4, -0.2) is 58.7 Å². The van der Waals surface area contributed by atoms with Gasteiger partial charge in [-0.25, -0.2) is 0 Å². The van der Waals surface area contributed by atoms with E-state index in [9.17, 15) is 4.79 Å². The lowest BCUT2D eigenvalue weighted by Crippen LogP contribution is -2.46. The molecule has 176 valence electrons. The van der Waals surface area contributed by atoms with Crippen molar-refractivity contribution in [1.29, 1.82) is 0 Å². The molecule has 7 heteroatoms. The summed E-state index contributed by atoms with van der Waals surface area (Å²) in [5, 5.41) is 5.21. The predicted molar refractivity (Wildman–Crippen MR) is 137 cm³/mol. The van der Waals surface area contributed by atoms with Crippen LogP contribution in [0, 0.1) is 0 Å². The van der Waals surface area contributed by atoms with Crippen molar-refractivity contribution in [2.45, 2.75) is 65.5 Å². The molecule has 1 aromatic heterocycles. The van der Waals surface area contributed by atoms with E-state index in [0.717, 1.165) is 72.8 Å². The topological polar surface area (TPSA) is 60.6 Å². The third-order valence-corrected chi connectivity index (χ3v) is 6.77. The van der Waals surface area contributed by atoms with Crippen molar-refractivity contribution in [2.75, 3.05) is 32.8 Å². The Labute approximate surface area is 197 Å². The van der Waals surface area contributed by atoms with Gasteiger partial charge in [0, 0.05) is 29.1 Å². The number of aromatic nitrogens is 1. The van der Waals surface area contributed by atoms with Crippen molar-refractivity contribution < 1.29 is 4.74 Å². The first-order chi connectivity index (χ1) is 15.5. The highest BCUT2D eigenvalue weighted by Crippen LogP contribution is 2.26. The summed E-state index contributed by atoms with van der Waals surface area (Å²) in [6.45, 7) is 11.6. The number of thiocarbonyl (C=S) groups is 1. The maximum absolute atomic E-state index is 12.8. The fourth-order valence-corrected chi connectivity index (χ4v) is 4.83. The number of hydrogen-bond donors (Lipinski definition) is 2. The molecule has 1 fully saturated rings. The zero-order valence-corrected chi connectivity index (χ0v) is 20.6. The highest BCUT2D eigenvalue weighted by Gasteiger charge is 2.25. The van der Waals surface area contributed by atoms with Crippen LogP contribution in [0.2, 0.25) is 0 Å². The Morgan fingerprint density at radius 1 is 1.19 bits per heavy atom. The number of benzene rings is 1. The zero-order valence-electron chi connectivity index (χ0n) is 19.8. The van der Waals surface area contributed by atoms with E-state index in [2.05, 4.69) is 33.9 Å². The molecule has 0 aliphatic heterocycles. The van der Waals surface area contributed by atoms with Crippen LogP contribution in [0.3, 0.4) is 0 Å². The maximum atomic E-state index is 12.8. The normalized spacial score (nSPS) is 14.2. The highest BCUT2D eigenvalue weighted by atomic mass is 32.1. The van der Waals surface area contributed by atoms with Crippen LogP contribution in [0.15, 0.2) is 29.1 Å². The van der Waals surface area contributed by atoms with Crippen molar-refractivity contribution in [2.24, 2.45) is 0 Å². The van der Waals surface area contributed by atoms with Gasteiger partial charge in [0.25, 0.3) is 5.56 Å². The number of ether oxygens (including phenoxy) is 1. The molecule has 32 heavy (non-hydrogen) atoms. The summed E-state index contributed by atoms with van der Waals surface area (Å²) in [4.78, 5) is 20.5. The van der Waals surface area contributed by atoms with E-state index in [1.165, 1.54) is 12.8 Å². The van der Waals surface area contributed by atoms with Crippen LogP contribution in [0.5, 0.6) is 5.75 Å². The summed E-state index contributed by atoms with van der Waals surface area (Å²) in [6.07, 6.45) is 5.74. The summed E-state index contributed by atoms with van der Waals surface area (Å²) in [5.74, 6) is 0.816. The van der Waals surface area contributed by atoms with Crippen molar-refractivity contribution in [3.05, 3.63) is 40.2 Å². The molecule has 0 radical (unpaired) electrons. The Hall–Kier alpha value is -2.12. The Morgan fingerprint density at radius 2 is 1.94 bits per heavy atom. The lowest BCUT2D eigenvalue weighted by Gasteiger charge is -2.32. The van der Waals surface area contributed by atoms with E-state index < -0.39 is 0 Å². The molecule has 0 bridgehead atoms. The van der Waals surface area contributed by atoms with Gasteiger partial charge in [-0.3, -0.25) is 4.79 Å². The second-order valence-corrected chi connectivity index (χ2v) is 8.87. The van der Waals surface area contributed by atoms with Crippen LogP contribution in [0.1, 0.15) is 58.4 Å². The average Bonchev–Trinajstić information content (AvgIpc) is 3.32. The zero-order chi connectivity index (χ0) is 22.9. The second kappa shape index (κ2) is 12.2. The van der Waals surface area contributed by atoms with Crippen LogP contribution < -0.4 is 15.6 Å². The van der Waals surface area contributed by atoms with Gasteiger partial charge in [-0.05, 0) is 82.3 Å². The van der Waals surface area contributed by atoms with Gasteiger partial charge in [-0.2, -0.15) is 0 Å². The number of aromatic amines is 1. The van der Waals surface area contributed by atoms with Crippen LogP contribution in [0.4, 0.5) is 0 Å². The molecule has 0 unspecified atom stereocenters. The van der Waals surface area contributed by atoms with Gasteiger partial charge in [0.05, 0.1) is 13.2 Å². The molecule has 1 aromatic carbocycles. The molecule has 0 spiro atoms. The minimum Gasteiger partial charge on any atom is -0.494 e. The number of fused-ring (bicyclic) bond motifs is 1. The fraction of sp³-hybridized carbons (Fsp3) is 0.600. The average molecular weight is 459 g/mol. The smallest absolute Gasteiger partial charge is 0.253 e. The number of pyridine rings is 1. The Kier molecular flexibility index (Phi) is 9.36. The van der Waals surface area contributed by atoms with Crippen molar-refractivity contribution in [1.82, 2.24) is 20.1 Å². The molecule has 2 N–H and O–H groups in total. The Bertz CT molecular complexity index is 935. The maximum Gasteiger partial charge on any atom is 0.253 e. The first-order valence-corrected chi connectivity index (χ1v) is 12.5. The third-order valence-electron chi connectivity index (χ3n) is 6.39. The Morgan fingerprint density at radius 3 is 2.62 bits per heavy atom. The molecule has 0 amide bonds. The molecule has 1 aliphatic carbocycles. The quantitative estimate of drug-likeness (QED) is 0.387. The molecule has 6 nitrogen and oxygen atoms in total. The largest absolute Gasteiger partial charge is 0.494 e. The summed E-state index contributed by atoms with van der Waals surface area (Å²) < 4.78 is 5.64. The van der Waals surface area contributed by atoms with Crippen LogP contribution in [0.25, 0.3) is 10.9 Å². The summed E-state index contributed by atoms with van der Waals surface area (Å²) >= 11 is 5.81. The summed E-state index contributed by atoms with van der Waals surface area (Å²) in [6, 6.07) is 8.16. The number of hydrogen-bond acceptors (Lipinski definition) is 4. The number of nitrogens with zero attached hydrogens (tertiary/aromatic N) is 2. The van der Waals surface area contributed by atoms with E-state index in [-0.39, 0.29) is 5.56 Å². The minimum absolute atomic E-state index is 0.0472. The van der Waals surface area contributed by atoms with Gasteiger partial charge in [-0.1, -0.05) is 26.7 Å². The molecule has 0 atom stereocenters. The summed E-state index contributed by atoms with van der Waals surface area (Å²) in [7, 11) is 0.